The maximum absolute atomic E-state index is 13.9. The van der Waals surface area contributed by atoms with Crippen molar-refractivity contribution in [3.8, 4) is 0 Å². The second-order valence-electron chi connectivity index (χ2n) is 8.99. The van der Waals surface area contributed by atoms with Gasteiger partial charge >= 0.3 is 6.18 Å². The van der Waals surface area contributed by atoms with E-state index in [0.717, 1.165) is 38.5 Å². The molecule has 1 unspecified atom stereocenters. The lowest BCUT2D eigenvalue weighted by atomic mass is 10.0. The topological polar surface area (TPSA) is 73.5 Å². The van der Waals surface area contributed by atoms with Crippen molar-refractivity contribution in [2.24, 2.45) is 0 Å². The Labute approximate surface area is 235 Å². The Balaban J connectivity index is 2.03. The molecule has 12 heteroatoms. The fourth-order valence-corrected chi connectivity index (χ4v) is 5.17. The molecule has 6 nitrogen and oxygen atoms in total. The Morgan fingerprint density at radius 3 is 2.34 bits per heavy atom. The first-order valence-corrected chi connectivity index (χ1v) is 14.4. The molecule has 0 aliphatic heterocycles. The maximum atomic E-state index is 13.9. The Morgan fingerprint density at radius 2 is 1.68 bits per heavy atom. The molecule has 0 spiro atoms. The van der Waals surface area contributed by atoms with Gasteiger partial charge in [0.25, 0.3) is 5.91 Å². The Morgan fingerprint density at radius 1 is 1.00 bits per heavy atom. The van der Waals surface area contributed by atoms with Crippen molar-refractivity contribution in [1.29, 1.82) is 0 Å². The summed E-state index contributed by atoms with van der Waals surface area (Å²) < 4.78 is 53.9. The highest BCUT2D eigenvalue weighted by molar-refractivity contribution is 7.85. The van der Waals surface area contributed by atoms with E-state index in [-0.39, 0.29) is 29.2 Å². The van der Waals surface area contributed by atoms with Crippen LogP contribution in [0.2, 0.25) is 10.0 Å². The predicted molar refractivity (Wildman–Crippen MR) is 148 cm³/mol. The van der Waals surface area contributed by atoms with Crippen molar-refractivity contribution in [1.82, 2.24) is 20.9 Å². The van der Waals surface area contributed by atoms with Gasteiger partial charge < -0.3 is 20.9 Å². The minimum Gasteiger partial charge on any atom is -0.348 e. The van der Waals surface area contributed by atoms with E-state index in [9.17, 15) is 22.2 Å². The van der Waals surface area contributed by atoms with Crippen LogP contribution in [0.1, 0.15) is 46.8 Å². The van der Waals surface area contributed by atoms with E-state index in [0.29, 0.717) is 27.8 Å². The fourth-order valence-electron chi connectivity index (χ4n) is 3.74. The van der Waals surface area contributed by atoms with Gasteiger partial charge in [0, 0.05) is 39.3 Å². The Kier molecular flexibility index (Phi) is 13.5. The van der Waals surface area contributed by atoms with Gasteiger partial charge in [-0.25, -0.2) is 0 Å². The SMILES string of the molecule is CCS(=O)c1ccc(Cl)cc1CNC(=O)c1cc(Cl)c(CNCCCNCCCN(C)C)c(C(F)(F)F)c1. The summed E-state index contributed by atoms with van der Waals surface area (Å²) in [6.07, 6.45) is -2.93. The maximum Gasteiger partial charge on any atom is 0.416 e. The van der Waals surface area contributed by atoms with Gasteiger partial charge in [0.05, 0.1) is 16.4 Å². The number of nitrogens with zero attached hydrogens (tertiary/aromatic N) is 1. The van der Waals surface area contributed by atoms with E-state index in [1.54, 1.807) is 25.1 Å². The van der Waals surface area contributed by atoms with E-state index < -0.39 is 28.4 Å². The lowest BCUT2D eigenvalue weighted by molar-refractivity contribution is -0.138. The van der Waals surface area contributed by atoms with Crippen LogP contribution in [0.3, 0.4) is 0 Å². The first kappa shape index (κ1) is 32.5. The van der Waals surface area contributed by atoms with E-state index in [2.05, 4.69) is 20.9 Å². The molecule has 0 radical (unpaired) electrons. The second-order valence-corrected chi connectivity index (χ2v) is 11.5. The van der Waals surface area contributed by atoms with Gasteiger partial charge in [0.15, 0.2) is 0 Å². The third-order valence-electron chi connectivity index (χ3n) is 5.70. The summed E-state index contributed by atoms with van der Waals surface area (Å²) in [5.74, 6) is -0.360. The molecule has 1 atom stereocenters. The highest BCUT2D eigenvalue weighted by atomic mass is 35.5. The van der Waals surface area contributed by atoms with Crippen LogP contribution < -0.4 is 16.0 Å². The van der Waals surface area contributed by atoms with E-state index >= 15 is 0 Å². The minimum atomic E-state index is -4.69. The fraction of sp³-hybridized carbons (Fsp3) is 0.500. The Hall–Kier alpha value is -1.69. The van der Waals surface area contributed by atoms with E-state index in [4.69, 9.17) is 23.2 Å². The summed E-state index contributed by atoms with van der Waals surface area (Å²) in [6, 6.07) is 6.84. The van der Waals surface area contributed by atoms with Gasteiger partial charge in [-0.1, -0.05) is 30.1 Å². The van der Waals surface area contributed by atoms with Crippen LogP contribution in [0.4, 0.5) is 13.2 Å². The van der Waals surface area contributed by atoms with Gasteiger partial charge in [0.2, 0.25) is 0 Å². The van der Waals surface area contributed by atoms with Crippen molar-refractivity contribution < 1.29 is 22.2 Å². The molecule has 0 fully saturated rings. The molecule has 0 aromatic heterocycles. The first-order valence-electron chi connectivity index (χ1n) is 12.3. The van der Waals surface area contributed by atoms with Crippen molar-refractivity contribution in [2.75, 3.05) is 46.0 Å². The van der Waals surface area contributed by atoms with Crippen LogP contribution in [0.15, 0.2) is 35.2 Å². The zero-order valence-corrected chi connectivity index (χ0v) is 24.1. The lowest BCUT2D eigenvalue weighted by Gasteiger charge is -2.17. The highest BCUT2D eigenvalue weighted by Crippen LogP contribution is 2.36. The molecule has 0 saturated carbocycles. The third kappa shape index (κ3) is 10.5. The number of rotatable bonds is 15. The third-order valence-corrected chi connectivity index (χ3v) is 7.69. The largest absolute Gasteiger partial charge is 0.416 e. The molecule has 1 amide bonds. The average Bonchev–Trinajstić information content (AvgIpc) is 2.85. The number of benzene rings is 2. The highest BCUT2D eigenvalue weighted by Gasteiger charge is 2.35. The predicted octanol–water partition coefficient (Wildman–Crippen LogP) is 5.09. The molecular weight excluding hydrogens is 560 g/mol. The first-order chi connectivity index (χ1) is 17.9. The number of hydrogen-bond acceptors (Lipinski definition) is 5. The van der Waals surface area contributed by atoms with Crippen LogP contribution in [-0.2, 0) is 30.1 Å². The number of nitrogens with one attached hydrogen (secondary N) is 3. The quantitative estimate of drug-likeness (QED) is 0.250. The molecule has 0 saturated heterocycles. The van der Waals surface area contributed by atoms with E-state index in [1.807, 2.05) is 14.1 Å². The van der Waals surface area contributed by atoms with Crippen LogP contribution in [0.5, 0.6) is 0 Å². The molecule has 0 heterocycles. The van der Waals surface area contributed by atoms with Crippen molar-refractivity contribution in [2.45, 2.75) is 43.9 Å². The average molecular weight is 596 g/mol. The number of alkyl halides is 3. The number of carbonyl (C=O) groups excluding carboxylic acids is 1. The molecule has 3 N–H and O–H groups in total. The lowest BCUT2D eigenvalue weighted by Crippen LogP contribution is -2.26. The number of amides is 1. The zero-order valence-electron chi connectivity index (χ0n) is 21.8. The molecule has 2 rings (SSSR count). The summed E-state index contributed by atoms with van der Waals surface area (Å²) in [5, 5.41) is 9.16. The molecule has 38 heavy (non-hydrogen) atoms. The minimum absolute atomic E-state index is 0.0497. The number of hydrogen-bond donors (Lipinski definition) is 3. The summed E-state index contributed by atoms with van der Waals surface area (Å²) in [4.78, 5) is 15.4. The smallest absolute Gasteiger partial charge is 0.348 e. The summed E-state index contributed by atoms with van der Waals surface area (Å²) in [7, 11) is 2.73. The van der Waals surface area contributed by atoms with Gasteiger partial charge in [-0.3, -0.25) is 9.00 Å². The molecule has 2 aromatic carbocycles. The van der Waals surface area contributed by atoms with Crippen LogP contribution in [0, 0.1) is 0 Å². The van der Waals surface area contributed by atoms with Gasteiger partial charge in [-0.05, 0) is 94.6 Å². The summed E-state index contributed by atoms with van der Waals surface area (Å²) in [6.45, 7) is 4.75. The van der Waals surface area contributed by atoms with Crippen LogP contribution in [0.25, 0.3) is 0 Å². The molecule has 0 bridgehead atoms. The molecule has 0 aliphatic carbocycles. The number of halogens is 5. The second kappa shape index (κ2) is 15.8. The standard InChI is InChI=1S/C26H35Cl2F3N4O2S/c1-4-38(37)24-8-7-20(27)13-19(24)16-34-25(36)18-14-22(26(29,30)31)21(23(28)15-18)17-33-10-5-9-32-11-6-12-35(2)3/h7-8,13-15,32-33H,4-6,9-12,16-17H2,1-3H3,(H,34,36). The molecular formula is C26H35Cl2F3N4O2S. The van der Waals surface area contributed by atoms with Crippen LogP contribution in [-0.4, -0.2) is 61.0 Å². The monoisotopic (exact) mass is 594 g/mol. The van der Waals surface area contributed by atoms with Crippen molar-refractivity contribution in [3.63, 3.8) is 0 Å². The summed E-state index contributed by atoms with van der Waals surface area (Å²) >= 11 is 12.3. The Bertz CT molecular complexity index is 1100. The van der Waals surface area contributed by atoms with E-state index in [1.165, 1.54) is 6.07 Å². The number of carbonyl (C=O) groups is 1. The van der Waals surface area contributed by atoms with Gasteiger partial charge in [0.1, 0.15) is 0 Å². The normalized spacial score (nSPS) is 12.7. The van der Waals surface area contributed by atoms with Crippen molar-refractivity contribution in [3.05, 3.63) is 62.6 Å². The molecule has 0 aliphatic rings. The van der Waals surface area contributed by atoms with Crippen LogP contribution >= 0.6 is 23.2 Å². The summed E-state index contributed by atoms with van der Waals surface area (Å²) in [5.41, 5.74) is -0.750. The molecule has 212 valence electrons. The van der Waals surface area contributed by atoms with Gasteiger partial charge in [-0.2, -0.15) is 13.2 Å². The van der Waals surface area contributed by atoms with Gasteiger partial charge in [-0.15, -0.1) is 0 Å². The van der Waals surface area contributed by atoms with Crippen molar-refractivity contribution >= 4 is 39.9 Å². The molecule has 2 aromatic rings. The zero-order chi connectivity index (χ0) is 28.3.